The molecule has 3 fully saturated rings. The Kier molecular flexibility index (Phi) is 3.13. The van der Waals surface area contributed by atoms with Gasteiger partial charge in [-0.3, -0.25) is 4.79 Å². The maximum Gasteiger partial charge on any atom is 0.252 e. The van der Waals surface area contributed by atoms with E-state index in [1.165, 1.54) is 32.1 Å². The zero-order valence-electron chi connectivity index (χ0n) is 11.5. The molecule has 1 amide bonds. The van der Waals surface area contributed by atoms with Crippen LogP contribution in [0.2, 0.25) is 0 Å². The zero-order chi connectivity index (χ0) is 13.7. The number of rotatable bonds is 2. The van der Waals surface area contributed by atoms with E-state index in [9.17, 15) is 4.79 Å². The number of amides is 1. The van der Waals surface area contributed by atoms with Crippen LogP contribution in [0.4, 0.5) is 0 Å². The highest BCUT2D eigenvalue weighted by molar-refractivity contribution is 9.10. The number of hydrogen-bond acceptors (Lipinski definition) is 1. The van der Waals surface area contributed by atoms with Crippen molar-refractivity contribution in [2.75, 3.05) is 0 Å². The summed E-state index contributed by atoms with van der Waals surface area (Å²) in [5, 5.41) is 3.31. The van der Waals surface area contributed by atoms with Crippen LogP contribution in [0.5, 0.6) is 0 Å². The minimum Gasteiger partial charge on any atom is -0.349 e. The molecule has 3 saturated carbocycles. The Labute approximate surface area is 128 Å². The average Bonchev–Trinajstić information content (AvgIpc) is 3.10. The molecule has 3 heteroatoms. The Morgan fingerprint density at radius 3 is 2.75 bits per heavy atom. The molecule has 0 aliphatic heterocycles. The maximum absolute atomic E-state index is 12.4. The van der Waals surface area contributed by atoms with Gasteiger partial charge in [-0.1, -0.05) is 18.6 Å². The van der Waals surface area contributed by atoms with Crippen LogP contribution in [0.15, 0.2) is 28.7 Å². The third-order valence-electron chi connectivity index (χ3n) is 5.86. The van der Waals surface area contributed by atoms with Crippen molar-refractivity contribution in [1.29, 1.82) is 0 Å². The minimum absolute atomic E-state index is 0.0876. The standard InChI is InChI=1S/C17H20BrNO/c18-15-7-2-1-4-13(15)17(20)19-16-9-10-8-14(16)12-6-3-5-11(10)12/h1-2,4,7,10-12,14,16H,3,5-6,8-9H2,(H,19,20). The van der Waals surface area contributed by atoms with Crippen LogP contribution in [0.25, 0.3) is 0 Å². The van der Waals surface area contributed by atoms with E-state index < -0.39 is 0 Å². The fourth-order valence-corrected chi connectivity index (χ4v) is 5.59. The first-order chi connectivity index (χ1) is 9.74. The first-order valence-corrected chi connectivity index (χ1v) is 8.58. The topological polar surface area (TPSA) is 29.1 Å². The van der Waals surface area contributed by atoms with E-state index in [0.29, 0.717) is 6.04 Å². The second kappa shape index (κ2) is 4.87. The molecule has 1 N–H and O–H groups in total. The summed E-state index contributed by atoms with van der Waals surface area (Å²) < 4.78 is 0.888. The molecule has 5 unspecified atom stereocenters. The van der Waals surface area contributed by atoms with E-state index in [4.69, 9.17) is 0 Å². The molecule has 0 heterocycles. The molecule has 20 heavy (non-hydrogen) atoms. The SMILES string of the molecule is O=C(NC1CC2CC1C1CCCC21)c1ccccc1Br. The Hall–Kier alpha value is -0.830. The van der Waals surface area contributed by atoms with Crippen molar-refractivity contribution in [1.82, 2.24) is 5.32 Å². The highest BCUT2D eigenvalue weighted by Crippen LogP contribution is 2.58. The quantitative estimate of drug-likeness (QED) is 0.870. The Morgan fingerprint density at radius 2 is 1.90 bits per heavy atom. The van der Waals surface area contributed by atoms with E-state index in [1.807, 2.05) is 24.3 Å². The molecular weight excluding hydrogens is 314 g/mol. The Morgan fingerprint density at radius 1 is 1.10 bits per heavy atom. The van der Waals surface area contributed by atoms with Crippen molar-refractivity contribution < 1.29 is 4.79 Å². The van der Waals surface area contributed by atoms with Crippen LogP contribution in [-0.4, -0.2) is 11.9 Å². The predicted octanol–water partition coefficient (Wildman–Crippen LogP) is 4.00. The van der Waals surface area contributed by atoms with Crippen molar-refractivity contribution in [3.63, 3.8) is 0 Å². The highest BCUT2D eigenvalue weighted by atomic mass is 79.9. The van der Waals surface area contributed by atoms with Crippen LogP contribution in [0.1, 0.15) is 42.5 Å². The molecule has 0 radical (unpaired) electrons. The summed E-state index contributed by atoms with van der Waals surface area (Å²) in [6, 6.07) is 8.11. The van der Waals surface area contributed by atoms with Gasteiger partial charge in [0.25, 0.3) is 5.91 Å². The largest absolute Gasteiger partial charge is 0.349 e. The number of hydrogen-bond donors (Lipinski definition) is 1. The predicted molar refractivity (Wildman–Crippen MR) is 82.4 cm³/mol. The molecule has 0 aromatic heterocycles. The van der Waals surface area contributed by atoms with Crippen LogP contribution in [-0.2, 0) is 0 Å². The van der Waals surface area contributed by atoms with Gasteiger partial charge in [0.2, 0.25) is 0 Å². The van der Waals surface area contributed by atoms with Crippen LogP contribution in [0.3, 0.4) is 0 Å². The van der Waals surface area contributed by atoms with Gasteiger partial charge in [0.15, 0.2) is 0 Å². The molecule has 2 bridgehead atoms. The normalized spacial score (nSPS) is 38.0. The third kappa shape index (κ3) is 1.93. The van der Waals surface area contributed by atoms with E-state index >= 15 is 0 Å². The van der Waals surface area contributed by atoms with Crippen molar-refractivity contribution >= 4 is 21.8 Å². The molecular formula is C17H20BrNO. The Balaban J connectivity index is 1.48. The van der Waals surface area contributed by atoms with Crippen molar-refractivity contribution in [3.8, 4) is 0 Å². The van der Waals surface area contributed by atoms with Gasteiger partial charge in [-0.05, 0) is 77.4 Å². The summed E-state index contributed by atoms with van der Waals surface area (Å²) in [6.45, 7) is 0. The molecule has 3 aliphatic carbocycles. The van der Waals surface area contributed by atoms with Crippen molar-refractivity contribution in [2.24, 2.45) is 23.7 Å². The second-order valence-electron chi connectivity index (χ2n) is 6.71. The van der Waals surface area contributed by atoms with Gasteiger partial charge < -0.3 is 5.32 Å². The Bertz CT molecular complexity index is 544. The lowest BCUT2D eigenvalue weighted by atomic mass is 9.79. The van der Waals surface area contributed by atoms with Gasteiger partial charge in [-0.2, -0.15) is 0 Å². The third-order valence-corrected chi connectivity index (χ3v) is 6.56. The smallest absolute Gasteiger partial charge is 0.252 e. The lowest BCUT2D eigenvalue weighted by Gasteiger charge is -2.32. The number of fused-ring (bicyclic) bond motifs is 5. The molecule has 0 saturated heterocycles. The first-order valence-electron chi connectivity index (χ1n) is 7.79. The number of carbonyl (C=O) groups excluding carboxylic acids is 1. The number of benzene rings is 1. The van der Waals surface area contributed by atoms with Gasteiger partial charge in [-0.15, -0.1) is 0 Å². The lowest BCUT2D eigenvalue weighted by Crippen LogP contribution is -2.42. The van der Waals surface area contributed by atoms with Gasteiger partial charge in [-0.25, -0.2) is 0 Å². The number of halogens is 1. The van der Waals surface area contributed by atoms with E-state index in [-0.39, 0.29) is 5.91 Å². The summed E-state index contributed by atoms with van der Waals surface area (Å²) in [5.41, 5.74) is 0.762. The molecule has 4 rings (SSSR count). The molecule has 1 aromatic carbocycles. The fourth-order valence-electron chi connectivity index (χ4n) is 5.13. The molecule has 106 valence electrons. The second-order valence-corrected chi connectivity index (χ2v) is 7.57. The fraction of sp³-hybridized carbons (Fsp3) is 0.588. The van der Waals surface area contributed by atoms with Crippen LogP contribution in [0, 0.1) is 23.7 Å². The number of carbonyl (C=O) groups is 1. The maximum atomic E-state index is 12.4. The number of nitrogens with one attached hydrogen (secondary N) is 1. The molecule has 0 spiro atoms. The van der Waals surface area contributed by atoms with Gasteiger partial charge in [0.1, 0.15) is 0 Å². The average molecular weight is 334 g/mol. The van der Waals surface area contributed by atoms with Crippen LogP contribution < -0.4 is 5.32 Å². The summed E-state index contributed by atoms with van der Waals surface area (Å²) in [7, 11) is 0. The molecule has 1 aromatic rings. The summed E-state index contributed by atoms with van der Waals surface area (Å²) in [6.07, 6.45) is 6.81. The molecule has 2 nitrogen and oxygen atoms in total. The lowest BCUT2D eigenvalue weighted by molar-refractivity contribution is 0.0900. The summed E-state index contributed by atoms with van der Waals surface area (Å²) in [5.74, 6) is 3.61. The molecule has 5 atom stereocenters. The van der Waals surface area contributed by atoms with Crippen molar-refractivity contribution in [3.05, 3.63) is 34.3 Å². The van der Waals surface area contributed by atoms with Gasteiger partial charge in [0, 0.05) is 10.5 Å². The van der Waals surface area contributed by atoms with E-state index in [0.717, 1.165) is 33.7 Å². The van der Waals surface area contributed by atoms with Gasteiger partial charge >= 0.3 is 0 Å². The zero-order valence-corrected chi connectivity index (χ0v) is 13.1. The monoisotopic (exact) mass is 333 g/mol. The molecule has 3 aliphatic rings. The summed E-state index contributed by atoms with van der Waals surface area (Å²) in [4.78, 5) is 12.4. The first kappa shape index (κ1) is 12.9. The van der Waals surface area contributed by atoms with E-state index in [2.05, 4.69) is 21.2 Å². The summed E-state index contributed by atoms with van der Waals surface area (Å²) >= 11 is 3.47. The minimum atomic E-state index is 0.0876. The highest BCUT2D eigenvalue weighted by Gasteiger charge is 2.54. The van der Waals surface area contributed by atoms with Crippen LogP contribution >= 0.6 is 15.9 Å². The van der Waals surface area contributed by atoms with Crippen molar-refractivity contribution in [2.45, 2.75) is 38.1 Å². The van der Waals surface area contributed by atoms with E-state index in [1.54, 1.807) is 0 Å². The van der Waals surface area contributed by atoms with Gasteiger partial charge in [0.05, 0.1) is 5.56 Å².